The van der Waals surface area contributed by atoms with Gasteiger partial charge in [0.05, 0.1) is 17.2 Å². The molecule has 0 saturated carbocycles. The summed E-state index contributed by atoms with van der Waals surface area (Å²) < 4.78 is 8.38. The van der Waals surface area contributed by atoms with Crippen LogP contribution in [-0.4, -0.2) is 24.5 Å². The van der Waals surface area contributed by atoms with Crippen LogP contribution in [0.4, 0.5) is 0 Å². The highest BCUT2D eigenvalue weighted by molar-refractivity contribution is 6.12. The summed E-state index contributed by atoms with van der Waals surface area (Å²) in [6.07, 6.45) is 3.54. The fourth-order valence-electron chi connectivity index (χ4n) is 6.91. The molecule has 0 aliphatic heterocycles. The fourth-order valence-corrected chi connectivity index (χ4v) is 6.91. The van der Waals surface area contributed by atoms with Crippen molar-refractivity contribution in [2.75, 3.05) is 0 Å². The number of fused-ring (bicyclic) bond motifs is 7. The second kappa shape index (κ2) is 10.4. The van der Waals surface area contributed by atoms with Crippen LogP contribution < -0.4 is 0 Å². The second-order valence-corrected chi connectivity index (χ2v) is 11.9. The summed E-state index contributed by atoms with van der Waals surface area (Å²) in [5, 5.41) is 6.47. The Bertz CT molecular complexity index is 2850. The molecule has 0 unspecified atom stereocenters. The van der Waals surface area contributed by atoms with Crippen LogP contribution >= 0.6 is 0 Å². The number of benzene rings is 6. The molecule has 0 atom stereocenters. The molecule has 0 aliphatic rings. The summed E-state index contributed by atoms with van der Waals surface area (Å²) >= 11 is 0. The van der Waals surface area contributed by atoms with Crippen LogP contribution in [0.1, 0.15) is 0 Å². The number of para-hydroxylation sites is 1. The van der Waals surface area contributed by atoms with Crippen LogP contribution in [0.25, 0.3) is 94.4 Å². The van der Waals surface area contributed by atoms with Gasteiger partial charge in [0, 0.05) is 38.9 Å². The average molecular weight is 616 g/mol. The quantitative estimate of drug-likeness (QED) is 0.197. The summed E-state index contributed by atoms with van der Waals surface area (Å²) in [7, 11) is 0. The van der Waals surface area contributed by atoms with Crippen molar-refractivity contribution >= 4 is 54.5 Å². The molecular formula is C42H25N5O. The predicted octanol–water partition coefficient (Wildman–Crippen LogP) is 10.4. The standard InChI is InChI=1S/C42H25N5O/c1-2-9-26(10-3-1)29-19-20-32-31-13-6-7-15-35(31)47(36(32)24-29)42-45-40(30-18-17-27-11-4-5-12-28(27)23-30)44-41(46-42)34-14-8-16-37-39(34)33-21-22-43-25-38(33)48-37/h1-25H. The topological polar surface area (TPSA) is 69.6 Å². The number of furan rings is 1. The predicted molar refractivity (Wildman–Crippen MR) is 193 cm³/mol. The molecule has 10 rings (SSSR count). The van der Waals surface area contributed by atoms with E-state index in [1.54, 1.807) is 12.4 Å². The maximum atomic E-state index is 6.21. The van der Waals surface area contributed by atoms with Gasteiger partial charge in [-0.3, -0.25) is 9.55 Å². The van der Waals surface area contributed by atoms with Gasteiger partial charge >= 0.3 is 0 Å². The van der Waals surface area contributed by atoms with Gasteiger partial charge in [0.2, 0.25) is 5.95 Å². The summed E-state index contributed by atoms with van der Waals surface area (Å²) in [5.41, 5.74) is 7.59. The van der Waals surface area contributed by atoms with E-state index in [0.717, 1.165) is 76.8 Å². The highest BCUT2D eigenvalue weighted by atomic mass is 16.3. The normalized spacial score (nSPS) is 11.8. The number of rotatable bonds is 4. The maximum Gasteiger partial charge on any atom is 0.238 e. The van der Waals surface area contributed by atoms with E-state index < -0.39 is 0 Å². The zero-order valence-corrected chi connectivity index (χ0v) is 25.6. The SMILES string of the molecule is c1ccc(-c2ccc3c4ccccc4n(-c4nc(-c5ccc6ccccc6c5)nc(-c5cccc6oc7cnccc7c56)n4)c3c2)cc1. The van der Waals surface area contributed by atoms with Crippen LogP contribution in [0.15, 0.2) is 156 Å². The Balaban J connectivity index is 1.29. The molecule has 6 aromatic carbocycles. The molecule has 0 N–H and O–H groups in total. The lowest BCUT2D eigenvalue weighted by Crippen LogP contribution is -2.06. The molecular weight excluding hydrogens is 590 g/mol. The average Bonchev–Trinajstić information content (AvgIpc) is 3.70. The van der Waals surface area contributed by atoms with Crippen molar-refractivity contribution in [1.29, 1.82) is 0 Å². The Hall–Kier alpha value is -6.66. The largest absolute Gasteiger partial charge is 0.454 e. The van der Waals surface area contributed by atoms with E-state index in [4.69, 9.17) is 19.4 Å². The number of nitrogens with zero attached hydrogens (tertiary/aromatic N) is 5. The molecule has 0 amide bonds. The van der Waals surface area contributed by atoms with Gasteiger partial charge in [0.15, 0.2) is 17.2 Å². The Morgan fingerprint density at radius 3 is 2.21 bits per heavy atom. The van der Waals surface area contributed by atoms with Crippen LogP contribution in [0, 0.1) is 0 Å². The molecule has 4 heterocycles. The Morgan fingerprint density at radius 2 is 1.27 bits per heavy atom. The third-order valence-corrected chi connectivity index (χ3v) is 9.15. The third-order valence-electron chi connectivity index (χ3n) is 9.15. The van der Waals surface area contributed by atoms with Crippen LogP contribution in [0.5, 0.6) is 0 Å². The number of hydrogen-bond donors (Lipinski definition) is 0. The Kier molecular flexibility index (Phi) is 5.77. The monoisotopic (exact) mass is 615 g/mol. The molecule has 224 valence electrons. The van der Waals surface area contributed by atoms with Crippen molar-refractivity contribution in [2.45, 2.75) is 0 Å². The van der Waals surface area contributed by atoms with Gasteiger partial charge in [0.25, 0.3) is 0 Å². The summed E-state index contributed by atoms with van der Waals surface area (Å²) in [4.78, 5) is 19.9. The number of aromatic nitrogens is 5. The van der Waals surface area contributed by atoms with Gasteiger partial charge in [-0.15, -0.1) is 0 Å². The smallest absolute Gasteiger partial charge is 0.238 e. The minimum absolute atomic E-state index is 0.547. The van der Waals surface area contributed by atoms with Gasteiger partial charge in [-0.1, -0.05) is 109 Å². The molecule has 0 bridgehead atoms. The van der Waals surface area contributed by atoms with Crippen molar-refractivity contribution in [2.24, 2.45) is 0 Å². The Labute approximate surface area is 274 Å². The van der Waals surface area contributed by atoms with Gasteiger partial charge in [-0.2, -0.15) is 9.97 Å². The molecule has 4 aromatic heterocycles. The van der Waals surface area contributed by atoms with Crippen LogP contribution in [0.2, 0.25) is 0 Å². The zero-order valence-electron chi connectivity index (χ0n) is 25.6. The molecule has 0 saturated heterocycles. The zero-order chi connectivity index (χ0) is 31.6. The molecule has 6 heteroatoms. The van der Waals surface area contributed by atoms with E-state index in [-0.39, 0.29) is 0 Å². The molecule has 0 aliphatic carbocycles. The summed E-state index contributed by atoms with van der Waals surface area (Å²) in [5.74, 6) is 1.71. The van der Waals surface area contributed by atoms with Crippen molar-refractivity contribution < 1.29 is 4.42 Å². The van der Waals surface area contributed by atoms with Crippen molar-refractivity contribution in [3.8, 4) is 39.9 Å². The first-order valence-electron chi connectivity index (χ1n) is 15.9. The Morgan fingerprint density at radius 1 is 0.479 bits per heavy atom. The van der Waals surface area contributed by atoms with Gasteiger partial charge in [0.1, 0.15) is 5.58 Å². The van der Waals surface area contributed by atoms with E-state index in [2.05, 4.69) is 125 Å². The number of pyridine rings is 1. The number of hydrogen-bond acceptors (Lipinski definition) is 5. The maximum absolute atomic E-state index is 6.21. The summed E-state index contributed by atoms with van der Waals surface area (Å²) in [6.45, 7) is 0. The highest BCUT2D eigenvalue weighted by Gasteiger charge is 2.21. The van der Waals surface area contributed by atoms with Crippen LogP contribution in [0.3, 0.4) is 0 Å². The first-order chi connectivity index (χ1) is 23.8. The van der Waals surface area contributed by atoms with Gasteiger partial charge in [-0.05, 0) is 52.2 Å². The molecule has 10 aromatic rings. The fraction of sp³-hybridized carbons (Fsp3) is 0. The molecule has 0 fully saturated rings. The molecule has 48 heavy (non-hydrogen) atoms. The van der Waals surface area contributed by atoms with Crippen molar-refractivity contribution in [1.82, 2.24) is 24.5 Å². The van der Waals surface area contributed by atoms with Crippen molar-refractivity contribution in [3.05, 3.63) is 152 Å². The lowest BCUT2D eigenvalue weighted by molar-refractivity contribution is 0.667. The minimum Gasteiger partial charge on any atom is -0.454 e. The van der Waals surface area contributed by atoms with E-state index in [9.17, 15) is 0 Å². The second-order valence-electron chi connectivity index (χ2n) is 11.9. The molecule has 0 radical (unpaired) electrons. The summed E-state index contributed by atoms with van der Waals surface area (Å²) in [6, 6.07) is 48.2. The lowest BCUT2D eigenvalue weighted by Gasteiger charge is -2.12. The third kappa shape index (κ3) is 4.13. The first kappa shape index (κ1) is 26.5. The molecule has 6 nitrogen and oxygen atoms in total. The van der Waals surface area contributed by atoms with E-state index in [0.29, 0.717) is 17.6 Å². The van der Waals surface area contributed by atoms with Crippen molar-refractivity contribution in [3.63, 3.8) is 0 Å². The first-order valence-corrected chi connectivity index (χ1v) is 15.9. The van der Waals surface area contributed by atoms with E-state index >= 15 is 0 Å². The highest BCUT2D eigenvalue weighted by Crippen LogP contribution is 2.38. The van der Waals surface area contributed by atoms with E-state index in [1.807, 2.05) is 24.3 Å². The van der Waals surface area contributed by atoms with Crippen LogP contribution in [-0.2, 0) is 0 Å². The van der Waals surface area contributed by atoms with Gasteiger partial charge < -0.3 is 4.42 Å². The molecule has 0 spiro atoms. The lowest BCUT2D eigenvalue weighted by atomic mass is 10.0. The van der Waals surface area contributed by atoms with Gasteiger partial charge in [-0.25, -0.2) is 4.98 Å². The van der Waals surface area contributed by atoms with E-state index in [1.165, 1.54) is 0 Å². The minimum atomic E-state index is 0.547.